The van der Waals surface area contributed by atoms with Gasteiger partial charge in [-0.15, -0.1) is 0 Å². The summed E-state index contributed by atoms with van der Waals surface area (Å²) in [7, 11) is 0. The van der Waals surface area contributed by atoms with Crippen molar-refractivity contribution in [2.75, 3.05) is 11.9 Å². The van der Waals surface area contributed by atoms with Crippen molar-refractivity contribution in [3.63, 3.8) is 0 Å². The number of nitrogens with zero attached hydrogens (tertiary/aromatic N) is 4. The quantitative estimate of drug-likeness (QED) is 0.924. The summed E-state index contributed by atoms with van der Waals surface area (Å²) in [6, 6.07) is 0. The average Bonchev–Trinajstić information content (AvgIpc) is 2.42. The summed E-state index contributed by atoms with van der Waals surface area (Å²) in [4.78, 5) is 24.6. The molecule has 0 fully saturated rings. The molecule has 2 rings (SSSR count). The van der Waals surface area contributed by atoms with Crippen molar-refractivity contribution in [2.24, 2.45) is 0 Å². The van der Waals surface area contributed by atoms with Gasteiger partial charge in [0, 0.05) is 6.54 Å². The molecule has 0 saturated heterocycles. The summed E-state index contributed by atoms with van der Waals surface area (Å²) in [6.07, 6.45) is 4.82. The Morgan fingerprint density at radius 2 is 2.11 bits per heavy atom. The lowest BCUT2D eigenvalue weighted by atomic mass is 10.4. The molecule has 1 N–H and O–H groups in total. The van der Waals surface area contributed by atoms with E-state index in [1.54, 1.807) is 19.3 Å². The molecule has 6 nitrogen and oxygen atoms in total. The number of hydrogen-bond acceptors (Lipinski definition) is 5. The van der Waals surface area contributed by atoms with Crippen LogP contribution in [-0.2, 0) is 6.54 Å². The highest BCUT2D eigenvalue weighted by Crippen LogP contribution is 2.07. The van der Waals surface area contributed by atoms with Crippen LogP contribution in [0.25, 0.3) is 0 Å². The Hall–Kier alpha value is -1.76. The lowest BCUT2D eigenvalue weighted by molar-refractivity contribution is 0.705. The highest BCUT2D eigenvalue weighted by Gasteiger charge is 2.06. The molecule has 100 valence electrons. The Morgan fingerprint density at radius 1 is 1.32 bits per heavy atom. The van der Waals surface area contributed by atoms with Gasteiger partial charge in [-0.3, -0.25) is 14.3 Å². The van der Waals surface area contributed by atoms with E-state index in [2.05, 4.69) is 36.2 Å². The molecule has 7 heteroatoms. The third-order valence-corrected chi connectivity index (χ3v) is 3.47. The molecule has 19 heavy (non-hydrogen) atoms. The Kier molecular flexibility index (Phi) is 4.26. The van der Waals surface area contributed by atoms with Gasteiger partial charge in [-0.05, 0) is 29.8 Å². The molecule has 2 aromatic rings. The van der Waals surface area contributed by atoms with E-state index in [0.717, 1.165) is 12.4 Å². The molecule has 0 unspecified atom stereocenters. The zero-order chi connectivity index (χ0) is 13.8. The molecule has 0 amide bonds. The molecule has 0 aliphatic carbocycles. The van der Waals surface area contributed by atoms with E-state index in [1.807, 2.05) is 6.92 Å². The van der Waals surface area contributed by atoms with E-state index in [4.69, 9.17) is 0 Å². The lowest BCUT2D eigenvalue weighted by Gasteiger charge is -2.07. The summed E-state index contributed by atoms with van der Waals surface area (Å²) >= 11 is 3.23. The summed E-state index contributed by atoms with van der Waals surface area (Å²) in [5.74, 6) is 0.724. The van der Waals surface area contributed by atoms with E-state index in [0.29, 0.717) is 22.4 Å². The zero-order valence-corrected chi connectivity index (χ0v) is 12.3. The predicted molar refractivity (Wildman–Crippen MR) is 76.2 cm³/mol. The molecule has 0 spiro atoms. The normalized spacial score (nSPS) is 10.5. The number of hydrogen-bond donors (Lipinski definition) is 1. The van der Waals surface area contributed by atoms with Crippen LogP contribution in [0.15, 0.2) is 28.0 Å². The minimum atomic E-state index is -0.120. The smallest absolute Gasteiger partial charge is 0.268 e. The van der Waals surface area contributed by atoms with Crippen LogP contribution in [0.4, 0.5) is 5.82 Å². The van der Waals surface area contributed by atoms with Crippen molar-refractivity contribution >= 4 is 21.7 Å². The number of rotatable bonds is 4. The second-order valence-electron chi connectivity index (χ2n) is 4.00. The minimum Gasteiger partial charge on any atom is -0.369 e. The van der Waals surface area contributed by atoms with Crippen molar-refractivity contribution in [1.82, 2.24) is 19.5 Å². The van der Waals surface area contributed by atoms with E-state index in [9.17, 15) is 4.79 Å². The van der Waals surface area contributed by atoms with Crippen LogP contribution in [0.1, 0.15) is 18.3 Å². The molecule has 0 saturated carbocycles. The van der Waals surface area contributed by atoms with Gasteiger partial charge in [0.1, 0.15) is 10.3 Å². The second kappa shape index (κ2) is 5.92. The van der Waals surface area contributed by atoms with Crippen LogP contribution in [0.5, 0.6) is 0 Å². The van der Waals surface area contributed by atoms with Crippen molar-refractivity contribution < 1.29 is 0 Å². The van der Waals surface area contributed by atoms with Gasteiger partial charge in [-0.1, -0.05) is 0 Å². The molecule has 0 bridgehead atoms. The maximum absolute atomic E-state index is 12.0. The van der Waals surface area contributed by atoms with Gasteiger partial charge in [0.15, 0.2) is 0 Å². The molecule has 0 radical (unpaired) electrons. The van der Waals surface area contributed by atoms with Crippen LogP contribution in [0, 0.1) is 6.92 Å². The highest BCUT2D eigenvalue weighted by molar-refractivity contribution is 9.10. The molecular weight excluding hydrogens is 310 g/mol. The fourth-order valence-electron chi connectivity index (χ4n) is 1.54. The van der Waals surface area contributed by atoms with Crippen molar-refractivity contribution in [1.29, 1.82) is 0 Å². The number of nitrogens with one attached hydrogen (secondary N) is 1. The van der Waals surface area contributed by atoms with Crippen LogP contribution in [-0.4, -0.2) is 26.1 Å². The van der Waals surface area contributed by atoms with Crippen molar-refractivity contribution in [2.45, 2.75) is 20.4 Å². The molecule has 0 atom stereocenters. The Morgan fingerprint density at radius 3 is 2.74 bits per heavy atom. The number of aryl methyl sites for hydroxylation is 1. The van der Waals surface area contributed by atoms with Gasteiger partial charge in [0.05, 0.1) is 36.7 Å². The summed E-state index contributed by atoms with van der Waals surface area (Å²) in [5.41, 5.74) is 1.26. The predicted octanol–water partition coefficient (Wildman–Crippen LogP) is 1.58. The SMILES string of the molecule is CCNc1cnc(Cn2cnc(C)c(Br)c2=O)cn1. The lowest BCUT2D eigenvalue weighted by Crippen LogP contribution is -2.23. The van der Waals surface area contributed by atoms with Crippen LogP contribution < -0.4 is 10.9 Å². The third kappa shape index (κ3) is 3.17. The number of anilines is 1. The fourth-order valence-corrected chi connectivity index (χ4v) is 1.87. The second-order valence-corrected chi connectivity index (χ2v) is 4.79. The first-order valence-electron chi connectivity index (χ1n) is 5.88. The monoisotopic (exact) mass is 323 g/mol. The van der Waals surface area contributed by atoms with E-state index in [-0.39, 0.29) is 5.56 Å². The molecule has 0 aliphatic rings. The molecule has 2 aromatic heterocycles. The first-order valence-corrected chi connectivity index (χ1v) is 6.67. The Bertz CT molecular complexity index is 623. The zero-order valence-electron chi connectivity index (χ0n) is 10.7. The first-order chi connectivity index (χ1) is 9.11. The maximum atomic E-state index is 12.0. The fraction of sp³-hybridized carbons (Fsp3) is 0.333. The van der Waals surface area contributed by atoms with Crippen molar-refractivity contribution in [3.8, 4) is 0 Å². The van der Waals surface area contributed by atoms with Gasteiger partial charge in [0.2, 0.25) is 0 Å². The summed E-state index contributed by atoms with van der Waals surface area (Å²) < 4.78 is 1.97. The number of halogens is 1. The van der Waals surface area contributed by atoms with Gasteiger partial charge < -0.3 is 5.32 Å². The van der Waals surface area contributed by atoms with E-state index in [1.165, 1.54) is 10.9 Å². The van der Waals surface area contributed by atoms with Crippen LogP contribution in [0.3, 0.4) is 0 Å². The summed E-state index contributed by atoms with van der Waals surface area (Å²) in [5, 5.41) is 3.06. The largest absolute Gasteiger partial charge is 0.369 e. The average molecular weight is 324 g/mol. The number of aromatic nitrogens is 4. The topological polar surface area (TPSA) is 72.7 Å². The van der Waals surface area contributed by atoms with Crippen molar-refractivity contribution in [3.05, 3.63) is 44.9 Å². The first kappa shape index (κ1) is 13.7. The van der Waals surface area contributed by atoms with Crippen LogP contribution in [0.2, 0.25) is 0 Å². The van der Waals surface area contributed by atoms with E-state index < -0.39 is 0 Å². The van der Waals surface area contributed by atoms with Gasteiger partial charge in [-0.2, -0.15) is 0 Å². The maximum Gasteiger partial charge on any atom is 0.268 e. The van der Waals surface area contributed by atoms with Gasteiger partial charge >= 0.3 is 0 Å². The minimum absolute atomic E-state index is 0.120. The molecule has 2 heterocycles. The van der Waals surface area contributed by atoms with Crippen LogP contribution >= 0.6 is 15.9 Å². The molecular formula is C12H14BrN5O. The third-order valence-electron chi connectivity index (χ3n) is 2.55. The van der Waals surface area contributed by atoms with Gasteiger partial charge in [0.25, 0.3) is 5.56 Å². The molecule has 0 aliphatic heterocycles. The van der Waals surface area contributed by atoms with Gasteiger partial charge in [-0.25, -0.2) is 9.97 Å². The highest BCUT2D eigenvalue weighted by atomic mass is 79.9. The summed E-state index contributed by atoms with van der Waals surface area (Å²) in [6.45, 7) is 4.91. The standard InChI is InChI=1S/C12H14BrN5O/c1-3-14-10-5-15-9(4-16-10)6-18-7-17-8(2)11(13)12(18)19/h4-5,7H,3,6H2,1-2H3,(H,14,16). The Labute approximate surface area is 119 Å². The Balaban J connectivity index is 2.22. The molecule has 0 aromatic carbocycles. The van der Waals surface area contributed by atoms with E-state index >= 15 is 0 Å².